The molecule has 2 aromatic rings. The molecule has 0 bridgehead atoms. The Morgan fingerprint density at radius 3 is 2.62 bits per heavy atom. The van der Waals surface area contributed by atoms with Crippen molar-refractivity contribution in [3.63, 3.8) is 0 Å². The van der Waals surface area contributed by atoms with Crippen molar-refractivity contribution in [2.75, 3.05) is 31.1 Å². The lowest BCUT2D eigenvalue weighted by molar-refractivity contribution is -0.132. The van der Waals surface area contributed by atoms with Crippen LogP contribution in [0.15, 0.2) is 30.6 Å². The highest BCUT2D eigenvalue weighted by Gasteiger charge is 2.34. The topological polar surface area (TPSA) is 58.6 Å². The quantitative estimate of drug-likeness (QED) is 0.820. The predicted octanol–water partition coefficient (Wildman–Crippen LogP) is 3.12. The van der Waals surface area contributed by atoms with Crippen LogP contribution in [-0.4, -0.2) is 47.0 Å². The Labute approximate surface area is 155 Å². The smallest absolute Gasteiger partial charge is 0.225 e. The molecule has 8 heteroatoms. The molecule has 1 amide bonds. The fourth-order valence-electron chi connectivity index (χ4n) is 2.97. The Kier molecular flexibility index (Phi) is 4.63. The maximum Gasteiger partial charge on any atom is 0.225 e. The number of carbonyl (C=O) groups is 1. The maximum atomic E-state index is 13.1. The summed E-state index contributed by atoms with van der Waals surface area (Å²) in [6, 6.07) is 5.65. The molecule has 2 heterocycles. The van der Waals surface area contributed by atoms with E-state index in [2.05, 4.69) is 14.9 Å². The van der Waals surface area contributed by atoms with Crippen LogP contribution in [0.1, 0.15) is 12.8 Å². The molecule has 1 aliphatic carbocycles. The highest BCUT2D eigenvalue weighted by molar-refractivity contribution is 6.32. The molecule has 0 spiro atoms. The van der Waals surface area contributed by atoms with Crippen molar-refractivity contribution in [3.05, 3.63) is 41.4 Å². The number of benzene rings is 1. The third-order valence-electron chi connectivity index (χ3n) is 4.58. The zero-order valence-electron chi connectivity index (χ0n) is 14.1. The zero-order valence-corrected chi connectivity index (χ0v) is 14.8. The lowest BCUT2D eigenvalue weighted by atomic mass is 10.2. The number of aromatic nitrogens is 2. The minimum atomic E-state index is -0.427. The summed E-state index contributed by atoms with van der Waals surface area (Å²) >= 11 is 5.99. The zero-order chi connectivity index (χ0) is 18.1. The van der Waals surface area contributed by atoms with Crippen LogP contribution in [0, 0.1) is 11.7 Å². The molecule has 26 heavy (non-hydrogen) atoms. The lowest BCUT2D eigenvalue weighted by Gasteiger charge is -2.35. The minimum absolute atomic E-state index is 0.178. The van der Waals surface area contributed by atoms with Crippen LogP contribution < -0.4 is 9.64 Å². The molecule has 2 fully saturated rings. The Hall–Kier alpha value is -2.41. The molecule has 6 nitrogen and oxygen atoms in total. The van der Waals surface area contributed by atoms with Gasteiger partial charge in [0.1, 0.15) is 23.7 Å². The van der Waals surface area contributed by atoms with E-state index in [1.54, 1.807) is 6.07 Å². The van der Waals surface area contributed by atoms with Gasteiger partial charge in [0.15, 0.2) is 0 Å². The SMILES string of the molecule is O=C(C1CC1)N1CCN(c2cc(Oc3ccc(F)cc3Cl)ncn2)CC1. The number of rotatable bonds is 4. The largest absolute Gasteiger partial charge is 0.437 e. The van der Waals surface area contributed by atoms with E-state index in [0.29, 0.717) is 37.8 Å². The van der Waals surface area contributed by atoms with Crippen LogP contribution in [0.3, 0.4) is 0 Å². The Balaban J connectivity index is 1.42. The second-order valence-electron chi connectivity index (χ2n) is 6.48. The van der Waals surface area contributed by atoms with Crippen LogP contribution in [0.2, 0.25) is 5.02 Å². The van der Waals surface area contributed by atoms with E-state index < -0.39 is 5.82 Å². The molecule has 1 aromatic heterocycles. The van der Waals surface area contributed by atoms with Crippen molar-refractivity contribution >= 4 is 23.3 Å². The molecule has 0 unspecified atom stereocenters. The van der Waals surface area contributed by atoms with Gasteiger partial charge in [0.05, 0.1) is 5.02 Å². The van der Waals surface area contributed by atoms with E-state index in [1.807, 2.05) is 4.90 Å². The summed E-state index contributed by atoms with van der Waals surface area (Å²) < 4.78 is 18.8. The van der Waals surface area contributed by atoms with Crippen molar-refractivity contribution < 1.29 is 13.9 Å². The number of hydrogen-bond donors (Lipinski definition) is 0. The van der Waals surface area contributed by atoms with Crippen LogP contribution in [-0.2, 0) is 4.79 Å². The summed E-state index contributed by atoms with van der Waals surface area (Å²) in [5, 5.41) is 0.178. The number of amides is 1. The van der Waals surface area contributed by atoms with Gasteiger partial charge in [0.2, 0.25) is 11.8 Å². The van der Waals surface area contributed by atoms with Gasteiger partial charge in [0.25, 0.3) is 0 Å². The molecule has 136 valence electrons. The van der Waals surface area contributed by atoms with Gasteiger partial charge in [-0.3, -0.25) is 4.79 Å². The van der Waals surface area contributed by atoms with Gasteiger partial charge in [-0.15, -0.1) is 0 Å². The first-order valence-electron chi connectivity index (χ1n) is 8.59. The highest BCUT2D eigenvalue weighted by Crippen LogP contribution is 2.32. The van der Waals surface area contributed by atoms with Gasteiger partial charge in [-0.25, -0.2) is 14.4 Å². The molecular weight excluding hydrogens is 359 g/mol. The summed E-state index contributed by atoms with van der Waals surface area (Å²) in [6.07, 6.45) is 3.47. The molecule has 1 saturated heterocycles. The summed E-state index contributed by atoms with van der Waals surface area (Å²) in [7, 11) is 0. The number of nitrogens with zero attached hydrogens (tertiary/aromatic N) is 4. The van der Waals surface area contributed by atoms with Crippen molar-refractivity contribution in [1.82, 2.24) is 14.9 Å². The molecule has 1 aromatic carbocycles. The average molecular weight is 377 g/mol. The first-order chi connectivity index (χ1) is 12.6. The molecule has 1 aliphatic heterocycles. The van der Waals surface area contributed by atoms with Gasteiger partial charge in [-0.2, -0.15) is 0 Å². The van der Waals surface area contributed by atoms with E-state index in [-0.39, 0.29) is 16.8 Å². The van der Waals surface area contributed by atoms with Crippen molar-refractivity contribution in [3.8, 4) is 11.6 Å². The summed E-state index contributed by atoms with van der Waals surface area (Å²) in [5.74, 6) is 1.50. The highest BCUT2D eigenvalue weighted by atomic mass is 35.5. The molecule has 0 N–H and O–H groups in total. The first kappa shape index (κ1) is 17.0. The monoisotopic (exact) mass is 376 g/mol. The van der Waals surface area contributed by atoms with Crippen LogP contribution in [0.5, 0.6) is 11.6 Å². The number of hydrogen-bond acceptors (Lipinski definition) is 5. The fourth-order valence-corrected chi connectivity index (χ4v) is 3.18. The van der Waals surface area contributed by atoms with Crippen LogP contribution in [0.25, 0.3) is 0 Å². The van der Waals surface area contributed by atoms with E-state index in [1.165, 1.54) is 24.5 Å². The average Bonchev–Trinajstić information content (AvgIpc) is 3.49. The van der Waals surface area contributed by atoms with E-state index in [9.17, 15) is 9.18 Å². The number of piperazine rings is 1. The molecule has 4 rings (SSSR count). The number of anilines is 1. The first-order valence-corrected chi connectivity index (χ1v) is 8.96. The Morgan fingerprint density at radius 1 is 1.15 bits per heavy atom. The number of halogens is 2. The van der Waals surface area contributed by atoms with Gasteiger partial charge in [-0.05, 0) is 31.0 Å². The van der Waals surface area contributed by atoms with Gasteiger partial charge < -0.3 is 14.5 Å². The van der Waals surface area contributed by atoms with Crippen molar-refractivity contribution in [2.45, 2.75) is 12.8 Å². The molecule has 0 radical (unpaired) electrons. The summed E-state index contributed by atoms with van der Waals surface area (Å²) in [6.45, 7) is 2.82. The van der Waals surface area contributed by atoms with Crippen LogP contribution in [0.4, 0.5) is 10.2 Å². The van der Waals surface area contributed by atoms with E-state index in [4.69, 9.17) is 16.3 Å². The van der Waals surface area contributed by atoms with Gasteiger partial charge in [0, 0.05) is 38.2 Å². The summed E-state index contributed by atoms with van der Waals surface area (Å²) in [4.78, 5) is 24.6. The van der Waals surface area contributed by atoms with Crippen LogP contribution >= 0.6 is 11.6 Å². The molecule has 1 saturated carbocycles. The number of carbonyl (C=O) groups excluding carboxylic acids is 1. The second-order valence-corrected chi connectivity index (χ2v) is 6.89. The maximum absolute atomic E-state index is 13.1. The van der Waals surface area contributed by atoms with Crippen molar-refractivity contribution in [1.29, 1.82) is 0 Å². The van der Waals surface area contributed by atoms with Gasteiger partial charge in [-0.1, -0.05) is 11.6 Å². The predicted molar refractivity (Wildman–Crippen MR) is 95.0 cm³/mol. The number of ether oxygens (including phenoxy) is 1. The Bertz CT molecular complexity index is 823. The normalized spacial score (nSPS) is 17.3. The minimum Gasteiger partial charge on any atom is -0.437 e. The molecule has 2 aliphatic rings. The lowest BCUT2D eigenvalue weighted by Crippen LogP contribution is -2.49. The van der Waals surface area contributed by atoms with Gasteiger partial charge >= 0.3 is 0 Å². The molecular formula is C18H18ClFN4O2. The van der Waals surface area contributed by atoms with E-state index >= 15 is 0 Å². The summed E-state index contributed by atoms with van der Waals surface area (Å²) in [5.41, 5.74) is 0. The standard InChI is InChI=1S/C18H18ClFN4O2/c19-14-9-13(20)3-4-15(14)26-17-10-16(21-11-22-17)23-5-7-24(8-6-23)18(25)12-1-2-12/h3-4,9-12H,1-2,5-8H2. The third-order valence-corrected chi connectivity index (χ3v) is 4.87. The van der Waals surface area contributed by atoms with E-state index in [0.717, 1.165) is 18.7 Å². The fraction of sp³-hybridized carbons (Fsp3) is 0.389. The third kappa shape index (κ3) is 3.72. The molecule has 0 atom stereocenters. The Morgan fingerprint density at radius 2 is 1.92 bits per heavy atom. The van der Waals surface area contributed by atoms with Crippen molar-refractivity contribution in [2.24, 2.45) is 5.92 Å². The second kappa shape index (κ2) is 7.07.